The van der Waals surface area contributed by atoms with Gasteiger partial charge in [0.25, 0.3) is 12.9 Å². The molecule has 0 spiro atoms. The largest absolute Gasteiger partial charge is 0.307 e. The van der Waals surface area contributed by atoms with Crippen molar-refractivity contribution in [2.45, 2.75) is 19.4 Å². The van der Waals surface area contributed by atoms with Crippen LogP contribution in [0, 0.1) is 0 Å². The van der Waals surface area contributed by atoms with E-state index in [1.54, 1.807) is 6.07 Å². The zero-order chi connectivity index (χ0) is 11.3. The second kappa shape index (κ2) is 5.70. The van der Waals surface area contributed by atoms with E-state index in [0.717, 1.165) is 0 Å². The van der Waals surface area contributed by atoms with Gasteiger partial charge in [-0.2, -0.15) is 0 Å². The molecule has 15 heavy (non-hydrogen) atoms. The van der Waals surface area contributed by atoms with Crippen molar-refractivity contribution in [1.82, 2.24) is 5.32 Å². The number of hydrogen-bond acceptors (Lipinski definition) is 1. The quantitative estimate of drug-likeness (QED) is 0.754. The summed E-state index contributed by atoms with van der Waals surface area (Å²) in [5.74, 6) is 0. The lowest BCUT2D eigenvalue weighted by Crippen LogP contribution is -2.20. The minimum absolute atomic E-state index is 0.0913. The second-order valence-electron chi connectivity index (χ2n) is 3.07. The van der Waals surface area contributed by atoms with Crippen LogP contribution >= 0.6 is 0 Å². The molecule has 0 aliphatic carbocycles. The lowest BCUT2D eigenvalue weighted by molar-refractivity contribution is 0.145. The Bertz CT molecular complexity index is 301. The van der Waals surface area contributed by atoms with E-state index in [2.05, 4.69) is 5.32 Å². The summed E-state index contributed by atoms with van der Waals surface area (Å²) < 4.78 is 48.0. The van der Waals surface area contributed by atoms with E-state index in [-0.39, 0.29) is 12.1 Å². The molecule has 84 valence electrons. The molecule has 0 unspecified atom stereocenters. The molecule has 0 saturated carbocycles. The zero-order valence-electron chi connectivity index (χ0n) is 7.89. The first-order chi connectivity index (χ1) is 7.09. The Morgan fingerprint density at radius 1 is 1.13 bits per heavy atom. The van der Waals surface area contributed by atoms with Crippen LogP contribution in [0.3, 0.4) is 0 Å². The summed E-state index contributed by atoms with van der Waals surface area (Å²) in [5.41, 5.74) is 0.486. The molecule has 0 saturated heterocycles. The topological polar surface area (TPSA) is 12.0 Å². The summed E-state index contributed by atoms with van der Waals surface area (Å²) in [4.78, 5) is 0. The lowest BCUT2D eigenvalue weighted by Gasteiger charge is -2.06. The highest BCUT2D eigenvalue weighted by Crippen LogP contribution is 2.19. The van der Waals surface area contributed by atoms with Crippen LogP contribution in [-0.4, -0.2) is 13.0 Å². The van der Waals surface area contributed by atoms with Crippen molar-refractivity contribution >= 4 is 0 Å². The predicted molar refractivity (Wildman–Crippen MR) is 49.1 cm³/mol. The van der Waals surface area contributed by atoms with Crippen LogP contribution in [0.25, 0.3) is 0 Å². The highest BCUT2D eigenvalue weighted by atomic mass is 19.3. The van der Waals surface area contributed by atoms with Gasteiger partial charge in [0.2, 0.25) is 0 Å². The fourth-order valence-electron chi connectivity index (χ4n) is 1.16. The monoisotopic (exact) mass is 221 g/mol. The van der Waals surface area contributed by atoms with Crippen LogP contribution in [0.2, 0.25) is 0 Å². The molecule has 1 rings (SSSR count). The SMILES string of the molecule is FC(F)CNCc1cccc(C(F)F)c1. The summed E-state index contributed by atoms with van der Waals surface area (Å²) in [6, 6.07) is 5.72. The second-order valence-corrected chi connectivity index (χ2v) is 3.07. The zero-order valence-corrected chi connectivity index (χ0v) is 7.89. The summed E-state index contributed by atoms with van der Waals surface area (Å²) in [6.45, 7) is -0.260. The van der Waals surface area contributed by atoms with Gasteiger partial charge in [-0.1, -0.05) is 18.2 Å². The fourth-order valence-corrected chi connectivity index (χ4v) is 1.16. The van der Waals surface area contributed by atoms with Crippen molar-refractivity contribution in [3.8, 4) is 0 Å². The molecule has 1 aromatic carbocycles. The van der Waals surface area contributed by atoms with Crippen LogP contribution in [0.1, 0.15) is 17.6 Å². The Hall–Kier alpha value is -1.10. The van der Waals surface area contributed by atoms with Gasteiger partial charge in [0.15, 0.2) is 0 Å². The van der Waals surface area contributed by atoms with Gasteiger partial charge in [-0.05, 0) is 11.6 Å². The van der Waals surface area contributed by atoms with Crippen molar-refractivity contribution in [2.75, 3.05) is 6.54 Å². The van der Waals surface area contributed by atoms with Crippen LogP contribution in [0.15, 0.2) is 24.3 Å². The highest BCUT2D eigenvalue weighted by molar-refractivity contribution is 5.24. The summed E-state index contributed by atoms with van der Waals surface area (Å²) in [5, 5.41) is 2.47. The molecule has 0 bridgehead atoms. The Kier molecular flexibility index (Phi) is 4.55. The van der Waals surface area contributed by atoms with Crippen molar-refractivity contribution in [1.29, 1.82) is 0 Å². The Labute approximate surface area is 85.1 Å². The Morgan fingerprint density at radius 2 is 1.87 bits per heavy atom. The van der Waals surface area contributed by atoms with Crippen molar-refractivity contribution < 1.29 is 17.6 Å². The molecule has 0 radical (unpaired) electrons. The maximum Gasteiger partial charge on any atom is 0.263 e. The molecule has 0 fully saturated rings. The number of rotatable bonds is 5. The van der Waals surface area contributed by atoms with E-state index >= 15 is 0 Å². The smallest absolute Gasteiger partial charge is 0.263 e. The van der Waals surface area contributed by atoms with E-state index in [1.807, 2.05) is 0 Å². The Morgan fingerprint density at radius 3 is 2.47 bits per heavy atom. The van der Waals surface area contributed by atoms with E-state index in [1.165, 1.54) is 18.2 Å². The molecule has 0 aromatic heterocycles. The van der Waals surface area contributed by atoms with Crippen molar-refractivity contribution in [3.63, 3.8) is 0 Å². The van der Waals surface area contributed by atoms with E-state index in [0.29, 0.717) is 5.56 Å². The lowest BCUT2D eigenvalue weighted by atomic mass is 10.1. The number of hydrogen-bond donors (Lipinski definition) is 1. The summed E-state index contributed by atoms with van der Waals surface area (Å²) in [7, 11) is 0. The number of benzene rings is 1. The molecular formula is C10H11F4N. The molecule has 0 amide bonds. The van der Waals surface area contributed by atoms with E-state index in [4.69, 9.17) is 0 Å². The van der Waals surface area contributed by atoms with Crippen LogP contribution in [0.4, 0.5) is 17.6 Å². The first-order valence-electron chi connectivity index (χ1n) is 4.45. The van der Waals surface area contributed by atoms with Crippen LogP contribution in [-0.2, 0) is 6.54 Å². The minimum Gasteiger partial charge on any atom is -0.307 e. The molecule has 0 atom stereocenters. The van der Waals surface area contributed by atoms with E-state index < -0.39 is 19.4 Å². The predicted octanol–water partition coefficient (Wildman–Crippen LogP) is 2.98. The standard InChI is InChI=1S/C10H11F4N/c11-9(12)6-15-5-7-2-1-3-8(4-7)10(13)14/h1-4,9-10,15H,5-6H2. The fraction of sp³-hybridized carbons (Fsp3) is 0.400. The highest BCUT2D eigenvalue weighted by Gasteiger charge is 2.07. The third kappa shape index (κ3) is 4.29. The van der Waals surface area contributed by atoms with Gasteiger partial charge >= 0.3 is 0 Å². The molecular weight excluding hydrogens is 210 g/mol. The van der Waals surface area contributed by atoms with Gasteiger partial charge in [-0.3, -0.25) is 0 Å². The van der Waals surface area contributed by atoms with Gasteiger partial charge in [-0.15, -0.1) is 0 Å². The first-order valence-corrected chi connectivity index (χ1v) is 4.45. The summed E-state index contributed by atoms with van der Waals surface area (Å²) in [6.07, 6.45) is -4.96. The molecule has 1 aromatic rings. The third-order valence-electron chi connectivity index (χ3n) is 1.83. The van der Waals surface area contributed by atoms with Gasteiger partial charge in [0.05, 0.1) is 6.54 Å². The van der Waals surface area contributed by atoms with Crippen molar-refractivity contribution in [2.24, 2.45) is 0 Å². The first kappa shape index (κ1) is 12.0. The average Bonchev–Trinajstić information content (AvgIpc) is 2.17. The van der Waals surface area contributed by atoms with Crippen molar-refractivity contribution in [3.05, 3.63) is 35.4 Å². The number of nitrogens with one attached hydrogen (secondary N) is 1. The van der Waals surface area contributed by atoms with Crippen LogP contribution < -0.4 is 5.32 Å². The minimum atomic E-state index is -2.53. The van der Waals surface area contributed by atoms with Gasteiger partial charge in [0, 0.05) is 12.1 Å². The molecule has 1 N–H and O–H groups in total. The molecule has 0 heterocycles. The maximum absolute atomic E-state index is 12.3. The Balaban J connectivity index is 2.50. The number of halogens is 4. The van der Waals surface area contributed by atoms with Gasteiger partial charge in [0.1, 0.15) is 0 Å². The molecule has 1 nitrogen and oxygen atoms in total. The van der Waals surface area contributed by atoms with Gasteiger partial charge < -0.3 is 5.32 Å². The molecule has 0 aliphatic rings. The summed E-state index contributed by atoms with van der Waals surface area (Å²) >= 11 is 0. The van der Waals surface area contributed by atoms with Gasteiger partial charge in [-0.25, -0.2) is 17.6 Å². The average molecular weight is 221 g/mol. The van der Waals surface area contributed by atoms with Crippen LogP contribution in [0.5, 0.6) is 0 Å². The van der Waals surface area contributed by atoms with E-state index in [9.17, 15) is 17.6 Å². The third-order valence-corrected chi connectivity index (χ3v) is 1.83. The normalized spacial score (nSPS) is 11.3. The number of alkyl halides is 4. The molecule has 5 heteroatoms. The maximum atomic E-state index is 12.3. The molecule has 0 aliphatic heterocycles.